The zero-order valence-corrected chi connectivity index (χ0v) is 10.3. The normalized spacial score (nSPS) is 4.00. The van der Waals surface area contributed by atoms with Gasteiger partial charge < -0.3 is 15.0 Å². The Labute approximate surface area is 99.9 Å². The first-order chi connectivity index (χ1) is 1.73. The molecule has 0 radical (unpaired) electrons. The molecule has 5 heteroatoms. The molecule has 0 unspecified atom stereocenters. The maximum absolute atomic E-state index is 8.33. The largest absolute Gasteiger partial charge is 1.00 e. The monoisotopic (exact) mass is 230 g/mol. The topological polar surface area (TPSA) is 63.2 Å². The molecule has 0 rings (SSSR count). The first-order valence-corrected chi connectivity index (χ1v) is 0.612. The summed E-state index contributed by atoms with van der Waals surface area (Å²) in [4.78, 5) is 8.33. The van der Waals surface area contributed by atoms with Gasteiger partial charge in [0.1, 0.15) is 0 Å². The molecule has 0 spiro atoms. The molecule has 0 aromatic rings. The standard InChI is InChI=1S/CH2O3.ClH2.Cs/c2-1(3)4;;/h(H2,2,3,4);1H2;/q;2*+1/p-2. The molecule has 0 aliphatic heterocycles. The second kappa shape index (κ2) is 9.79. The van der Waals surface area contributed by atoms with Crippen LogP contribution in [0.2, 0.25) is 0 Å². The Morgan fingerprint density at radius 3 is 1.33 bits per heavy atom. The van der Waals surface area contributed by atoms with Crippen LogP contribution in [-0.2, 0) is 0 Å². The predicted molar refractivity (Wildman–Crippen MR) is 8.19 cm³/mol. The Hall–Kier alpha value is 1.61. The van der Waals surface area contributed by atoms with E-state index in [1.807, 2.05) is 0 Å². The van der Waals surface area contributed by atoms with E-state index in [-0.39, 0.29) is 81.3 Å². The second-order valence-corrected chi connectivity index (χ2v) is 0.250. The third kappa shape index (κ3) is 45.9. The molecular formula is CH2ClCsO3. The quantitative estimate of drug-likeness (QED) is 0.416. The molecule has 3 nitrogen and oxygen atoms in total. The van der Waals surface area contributed by atoms with Gasteiger partial charge in [-0.1, -0.05) is 0 Å². The van der Waals surface area contributed by atoms with Crippen molar-refractivity contribution in [1.82, 2.24) is 0 Å². The summed E-state index contributed by atoms with van der Waals surface area (Å²) in [5.74, 6) is 0. The van der Waals surface area contributed by atoms with E-state index in [9.17, 15) is 0 Å². The van der Waals surface area contributed by atoms with Crippen molar-refractivity contribution < 1.29 is 96.3 Å². The molecule has 6 heavy (non-hydrogen) atoms. The Morgan fingerprint density at radius 2 is 1.33 bits per heavy atom. The van der Waals surface area contributed by atoms with Crippen molar-refractivity contribution in [3.8, 4) is 0 Å². The van der Waals surface area contributed by atoms with Crippen molar-refractivity contribution >= 4 is 6.16 Å². The van der Waals surface area contributed by atoms with Crippen molar-refractivity contribution in [2.75, 3.05) is 0 Å². The second-order valence-electron chi connectivity index (χ2n) is 0.250. The number of hydrogen-bond donors (Lipinski definition) is 0. The smallest absolute Gasteiger partial charge is 0.652 e. The summed E-state index contributed by atoms with van der Waals surface area (Å²) in [5.41, 5.74) is 0. The number of hydrogen-bond acceptors (Lipinski definition) is 3. The van der Waals surface area contributed by atoms with Gasteiger partial charge in [-0.25, -0.2) is 0 Å². The molecule has 0 saturated carbocycles. The molecular weight excluding hydrogens is 228 g/mol. The van der Waals surface area contributed by atoms with E-state index < -0.39 is 6.16 Å². The zero-order valence-electron chi connectivity index (χ0n) is 3.17. The fourth-order valence-electron chi connectivity index (χ4n) is 0. The van der Waals surface area contributed by atoms with Crippen LogP contribution in [0.3, 0.4) is 0 Å². The number of carboxylic acid groups (broad SMARTS) is 2. The molecule has 0 aliphatic carbocycles. The van der Waals surface area contributed by atoms with Crippen LogP contribution in [0.4, 0.5) is 4.79 Å². The van der Waals surface area contributed by atoms with Crippen molar-refractivity contribution in [2.45, 2.75) is 0 Å². The third-order valence-electron chi connectivity index (χ3n) is 0. The molecule has 0 heterocycles. The molecule has 0 aromatic heterocycles. The molecule has 0 fully saturated rings. The summed E-state index contributed by atoms with van der Waals surface area (Å²) in [5, 5.41) is 16.7. The summed E-state index contributed by atoms with van der Waals surface area (Å²) in [7, 11) is 0. The van der Waals surface area contributed by atoms with Gasteiger partial charge in [0.15, 0.2) is 0 Å². The van der Waals surface area contributed by atoms with Crippen molar-refractivity contribution in [1.29, 1.82) is 0 Å². The van der Waals surface area contributed by atoms with E-state index in [0.29, 0.717) is 0 Å². The van der Waals surface area contributed by atoms with Gasteiger partial charge in [-0.2, -0.15) is 0 Å². The van der Waals surface area contributed by atoms with Crippen LogP contribution in [0.15, 0.2) is 0 Å². The molecule has 0 saturated heterocycles. The van der Waals surface area contributed by atoms with Gasteiger partial charge in [0.2, 0.25) is 0 Å². The van der Waals surface area contributed by atoms with Gasteiger partial charge in [-0.05, 0) is 6.16 Å². The zero-order chi connectivity index (χ0) is 3.58. The van der Waals surface area contributed by atoms with Crippen LogP contribution >= 0.6 is 0 Å². The third-order valence-corrected chi connectivity index (χ3v) is 0. The number of carbonyl (C=O) groups excluding carboxylic acids is 1. The van der Waals surface area contributed by atoms with Crippen LogP contribution in [0, 0.1) is 12.4 Å². The van der Waals surface area contributed by atoms with Crippen LogP contribution in [-0.4, -0.2) is 6.16 Å². The van der Waals surface area contributed by atoms with E-state index in [1.165, 1.54) is 0 Å². The van der Waals surface area contributed by atoms with Crippen LogP contribution in [0.1, 0.15) is 0 Å². The molecule has 0 aliphatic rings. The fraction of sp³-hybridized carbons (Fsp3) is 0. The van der Waals surface area contributed by atoms with Gasteiger partial charge in [0.05, 0.1) is 12.4 Å². The molecule has 0 atom stereocenters. The summed E-state index contributed by atoms with van der Waals surface area (Å²) in [6.45, 7) is 0. The van der Waals surface area contributed by atoms with Gasteiger partial charge in [0.25, 0.3) is 0 Å². The van der Waals surface area contributed by atoms with Crippen molar-refractivity contribution in [3.63, 3.8) is 0 Å². The van der Waals surface area contributed by atoms with E-state index in [0.717, 1.165) is 0 Å². The SMILES string of the molecule is O=C([O-])[O-].[ClH2+].[Cs+]. The van der Waals surface area contributed by atoms with E-state index in [1.54, 1.807) is 0 Å². The molecule has 0 aromatic carbocycles. The van der Waals surface area contributed by atoms with Gasteiger partial charge >= 0.3 is 68.9 Å². The average molecular weight is 230 g/mol. The van der Waals surface area contributed by atoms with E-state index in [4.69, 9.17) is 15.0 Å². The minimum atomic E-state index is -2.33. The summed E-state index contributed by atoms with van der Waals surface area (Å²) in [6, 6.07) is 0. The van der Waals surface area contributed by atoms with Gasteiger partial charge in [-0.3, -0.25) is 0 Å². The predicted octanol–water partition coefficient (Wildman–Crippen LogP) is -5.98. The van der Waals surface area contributed by atoms with Crippen molar-refractivity contribution in [3.05, 3.63) is 0 Å². The Kier molecular flexibility index (Phi) is 25.5. The maximum atomic E-state index is 8.33. The van der Waals surface area contributed by atoms with E-state index >= 15 is 0 Å². The molecule has 0 bridgehead atoms. The van der Waals surface area contributed by atoms with Gasteiger partial charge in [0, 0.05) is 0 Å². The minimum absolute atomic E-state index is 0. The fourth-order valence-corrected chi connectivity index (χ4v) is 0. The average Bonchev–Trinajstić information content (AvgIpc) is 0.811. The molecule has 0 amide bonds. The maximum Gasteiger partial charge on any atom is 1.00 e. The van der Waals surface area contributed by atoms with Crippen LogP contribution in [0.5, 0.6) is 0 Å². The number of rotatable bonds is 0. The van der Waals surface area contributed by atoms with Crippen LogP contribution < -0.4 is 79.1 Å². The summed E-state index contributed by atoms with van der Waals surface area (Å²) < 4.78 is 0. The molecule has 32 valence electrons. The Balaban J connectivity index is -0.0000000450. The Bertz CT molecular complexity index is 33.8. The minimum Gasteiger partial charge on any atom is -0.652 e. The molecule has 0 N–H and O–H groups in total. The Morgan fingerprint density at radius 1 is 1.33 bits per heavy atom. The summed E-state index contributed by atoms with van der Waals surface area (Å²) in [6.07, 6.45) is -2.33. The number of carbonyl (C=O) groups is 1. The first-order valence-electron chi connectivity index (χ1n) is 0.612. The first kappa shape index (κ1) is 15.6. The van der Waals surface area contributed by atoms with Crippen LogP contribution in [0.25, 0.3) is 0 Å². The van der Waals surface area contributed by atoms with Gasteiger partial charge in [-0.15, -0.1) is 0 Å². The van der Waals surface area contributed by atoms with Crippen molar-refractivity contribution in [2.24, 2.45) is 0 Å². The van der Waals surface area contributed by atoms with E-state index in [2.05, 4.69) is 0 Å². The number of halogens is 1. The summed E-state index contributed by atoms with van der Waals surface area (Å²) >= 11 is 0.